The Hall–Kier alpha value is -1.89. The number of hydrogen-bond donors (Lipinski definition) is 1. The number of ether oxygens (including phenoxy) is 1. The van der Waals surface area contributed by atoms with Crippen LogP contribution in [0.25, 0.3) is 0 Å². The van der Waals surface area contributed by atoms with Crippen LogP contribution in [-0.2, 0) is 6.61 Å². The molecule has 0 radical (unpaired) electrons. The van der Waals surface area contributed by atoms with Gasteiger partial charge in [-0.2, -0.15) is 15.0 Å². The molecule has 2 aromatic heterocycles. The van der Waals surface area contributed by atoms with Crippen LogP contribution in [0.2, 0.25) is 0 Å². The summed E-state index contributed by atoms with van der Waals surface area (Å²) >= 11 is 1.66. The van der Waals surface area contributed by atoms with Crippen molar-refractivity contribution < 1.29 is 4.74 Å². The molecule has 7 heteroatoms. The molecule has 3 heterocycles. The molecule has 1 N–H and O–H groups in total. The summed E-state index contributed by atoms with van der Waals surface area (Å²) in [6.07, 6.45) is 2.37. The molecule has 0 saturated carbocycles. The molecule has 106 valence electrons. The highest BCUT2D eigenvalue weighted by Crippen LogP contribution is 2.20. The quantitative estimate of drug-likeness (QED) is 0.910. The van der Waals surface area contributed by atoms with E-state index in [1.807, 2.05) is 17.5 Å². The molecule has 0 spiro atoms. The van der Waals surface area contributed by atoms with Crippen molar-refractivity contribution >= 4 is 23.2 Å². The smallest absolute Gasteiger partial charge is 0.323 e. The lowest BCUT2D eigenvalue weighted by Gasteiger charge is -2.16. The predicted molar refractivity (Wildman–Crippen MR) is 79.5 cm³/mol. The van der Waals surface area contributed by atoms with Gasteiger partial charge in [-0.1, -0.05) is 6.07 Å². The van der Waals surface area contributed by atoms with Gasteiger partial charge in [0.2, 0.25) is 11.9 Å². The van der Waals surface area contributed by atoms with Gasteiger partial charge in [0.15, 0.2) is 0 Å². The molecule has 1 aliphatic rings. The van der Waals surface area contributed by atoms with Gasteiger partial charge >= 0.3 is 6.01 Å². The van der Waals surface area contributed by atoms with Gasteiger partial charge in [-0.3, -0.25) is 0 Å². The van der Waals surface area contributed by atoms with Crippen LogP contribution < -0.4 is 15.0 Å². The number of anilines is 2. The van der Waals surface area contributed by atoms with Gasteiger partial charge in [-0.25, -0.2) is 0 Å². The molecule has 1 fully saturated rings. The second-order valence-electron chi connectivity index (χ2n) is 4.55. The van der Waals surface area contributed by atoms with E-state index in [1.54, 1.807) is 18.4 Å². The highest BCUT2D eigenvalue weighted by molar-refractivity contribution is 7.09. The van der Waals surface area contributed by atoms with Crippen LogP contribution in [0.3, 0.4) is 0 Å². The van der Waals surface area contributed by atoms with Gasteiger partial charge in [0, 0.05) is 25.0 Å². The lowest BCUT2D eigenvalue weighted by molar-refractivity contribution is 0.283. The molecular formula is C13H17N5OS. The van der Waals surface area contributed by atoms with E-state index in [0.29, 0.717) is 24.5 Å². The summed E-state index contributed by atoms with van der Waals surface area (Å²) in [5.74, 6) is 1.24. The molecule has 0 aliphatic carbocycles. The fraction of sp³-hybridized carbons (Fsp3) is 0.462. The standard InChI is InChI=1S/C13H17N5OS/c1-14-11-15-12(18-6-2-3-7-18)17-13(16-11)19-9-10-5-4-8-20-10/h4-5,8H,2-3,6-7,9H2,1H3,(H,14,15,16,17). The lowest BCUT2D eigenvalue weighted by atomic mass is 10.4. The van der Waals surface area contributed by atoms with Crippen molar-refractivity contribution in [2.75, 3.05) is 30.4 Å². The van der Waals surface area contributed by atoms with Crippen LogP contribution in [0, 0.1) is 0 Å². The SMILES string of the molecule is CNc1nc(OCc2cccs2)nc(N2CCCC2)n1. The van der Waals surface area contributed by atoms with Gasteiger partial charge in [-0.05, 0) is 24.3 Å². The fourth-order valence-electron chi connectivity index (χ4n) is 2.11. The van der Waals surface area contributed by atoms with E-state index in [4.69, 9.17) is 4.74 Å². The van der Waals surface area contributed by atoms with Crippen molar-refractivity contribution in [2.45, 2.75) is 19.4 Å². The molecule has 0 bridgehead atoms. The second-order valence-corrected chi connectivity index (χ2v) is 5.59. The number of thiophene rings is 1. The van der Waals surface area contributed by atoms with Crippen molar-refractivity contribution in [1.82, 2.24) is 15.0 Å². The average molecular weight is 291 g/mol. The Morgan fingerprint density at radius 1 is 1.30 bits per heavy atom. The van der Waals surface area contributed by atoms with Crippen molar-refractivity contribution in [1.29, 1.82) is 0 Å². The first-order valence-corrected chi connectivity index (χ1v) is 7.57. The first-order chi connectivity index (χ1) is 9.85. The molecule has 1 saturated heterocycles. The fourth-order valence-corrected chi connectivity index (χ4v) is 2.73. The van der Waals surface area contributed by atoms with E-state index in [1.165, 1.54) is 12.8 Å². The zero-order valence-electron chi connectivity index (χ0n) is 11.4. The van der Waals surface area contributed by atoms with Crippen molar-refractivity contribution in [3.8, 4) is 6.01 Å². The summed E-state index contributed by atoms with van der Waals surface area (Å²) in [4.78, 5) is 16.4. The number of aromatic nitrogens is 3. The van der Waals surface area contributed by atoms with Crippen molar-refractivity contribution in [3.05, 3.63) is 22.4 Å². The Morgan fingerprint density at radius 3 is 2.85 bits per heavy atom. The minimum atomic E-state index is 0.375. The van der Waals surface area contributed by atoms with E-state index in [0.717, 1.165) is 18.0 Å². The third-order valence-corrected chi connectivity index (χ3v) is 3.99. The number of hydrogen-bond acceptors (Lipinski definition) is 7. The van der Waals surface area contributed by atoms with E-state index in [9.17, 15) is 0 Å². The van der Waals surface area contributed by atoms with Gasteiger partial charge in [0.25, 0.3) is 0 Å². The largest absolute Gasteiger partial charge is 0.458 e. The summed E-state index contributed by atoms with van der Waals surface area (Å²) in [5, 5.41) is 4.99. The second kappa shape index (κ2) is 6.04. The Morgan fingerprint density at radius 2 is 2.15 bits per heavy atom. The molecule has 0 amide bonds. The van der Waals surface area contributed by atoms with Gasteiger partial charge < -0.3 is 15.0 Å². The van der Waals surface area contributed by atoms with Gasteiger partial charge in [0.1, 0.15) is 6.61 Å². The van der Waals surface area contributed by atoms with Crippen LogP contribution in [0.4, 0.5) is 11.9 Å². The van der Waals surface area contributed by atoms with Crippen LogP contribution in [0.1, 0.15) is 17.7 Å². The maximum atomic E-state index is 5.67. The molecule has 6 nitrogen and oxygen atoms in total. The van der Waals surface area contributed by atoms with Crippen molar-refractivity contribution in [2.24, 2.45) is 0 Å². The molecule has 0 aromatic carbocycles. The van der Waals surface area contributed by atoms with E-state index >= 15 is 0 Å². The minimum Gasteiger partial charge on any atom is -0.458 e. The zero-order valence-corrected chi connectivity index (χ0v) is 12.2. The minimum absolute atomic E-state index is 0.375. The molecule has 20 heavy (non-hydrogen) atoms. The number of rotatable bonds is 5. The van der Waals surface area contributed by atoms with E-state index < -0.39 is 0 Å². The first-order valence-electron chi connectivity index (χ1n) is 6.69. The van der Waals surface area contributed by atoms with Crippen LogP contribution >= 0.6 is 11.3 Å². The maximum absolute atomic E-state index is 5.67. The Labute approximate surface area is 121 Å². The summed E-state index contributed by atoms with van der Waals surface area (Å²) in [5.41, 5.74) is 0. The van der Waals surface area contributed by atoms with Crippen LogP contribution in [-0.4, -0.2) is 35.1 Å². The number of nitrogens with zero attached hydrogens (tertiary/aromatic N) is 4. The molecule has 1 aliphatic heterocycles. The summed E-state index contributed by atoms with van der Waals surface area (Å²) in [6.45, 7) is 2.49. The van der Waals surface area contributed by atoms with E-state index in [2.05, 4.69) is 25.2 Å². The summed E-state index contributed by atoms with van der Waals surface area (Å²) in [6, 6.07) is 4.41. The summed E-state index contributed by atoms with van der Waals surface area (Å²) < 4.78 is 5.67. The van der Waals surface area contributed by atoms with Gasteiger partial charge in [-0.15, -0.1) is 11.3 Å². The topological polar surface area (TPSA) is 63.2 Å². The van der Waals surface area contributed by atoms with Gasteiger partial charge in [0.05, 0.1) is 0 Å². The van der Waals surface area contributed by atoms with Crippen LogP contribution in [0.5, 0.6) is 6.01 Å². The first kappa shape index (κ1) is 13.1. The third-order valence-electron chi connectivity index (χ3n) is 3.14. The van der Waals surface area contributed by atoms with Crippen molar-refractivity contribution in [3.63, 3.8) is 0 Å². The Kier molecular flexibility index (Phi) is 3.96. The Bertz CT molecular complexity index is 554. The molecule has 0 atom stereocenters. The summed E-state index contributed by atoms with van der Waals surface area (Å²) in [7, 11) is 1.80. The average Bonchev–Trinajstić information content (AvgIpc) is 3.17. The normalized spacial score (nSPS) is 14.6. The maximum Gasteiger partial charge on any atom is 0.323 e. The zero-order chi connectivity index (χ0) is 13.8. The number of nitrogens with one attached hydrogen (secondary N) is 1. The predicted octanol–water partition coefficient (Wildman–Crippen LogP) is 2.15. The third kappa shape index (κ3) is 2.98. The Balaban J connectivity index is 1.76. The lowest BCUT2D eigenvalue weighted by Crippen LogP contribution is -2.21. The monoisotopic (exact) mass is 291 g/mol. The molecule has 2 aromatic rings. The highest BCUT2D eigenvalue weighted by Gasteiger charge is 2.17. The van der Waals surface area contributed by atoms with E-state index in [-0.39, 0.29) is 0 Å². The molecule has 3 rings (SSSR count). The molecular weight excluding hydrogens is 274 g/mol. The van der Waals surface area contributed by atoms with Crippen LogP contribution in [0.15, 0.2) is 17.5 Å². The highest BCUT2D eigenvalue weighted by atomic mass is 32.1. The molecule has 0 unspecified atom stereocenters.